The molecular formula is C18H23N5OS. The molecular weight excluding hydrogens is 334 g/mol. The van der Waals surface area contributed by atoms with Gasteiger partial charge in [0.1, 0.15) is 0 Å². The third-order valence-electron chi connectivity index (χ3n) is 5.04. The number of thiophene rings is 1. The first kappa shape index (κ1) is 16.5. The molecule has 0 aliphatic carbocycles. The molecule has 1 amide bonds. The van der Waals surface area contributed by atoms with E-state index < -0.39 is 0 Å². The van der Waals surface area contributed by atoms with E-state index in [1.807, 2.05) is 11.0 Å². The fourth-order valence-electron chi connectivity index (χ4n) is 3.70. The molecule has 0 N–H and O–H groups in total. The number of nitrogens with zero attached hydrogens (tertiary/aromatic N) is 5. The monoisotopic (exact) mass is 357 g/mol. The van der Waals surface area contributed by atoms with Crippen LogP contribution in [-0.2, 0) is 4.79 Å². The maximum absolute atomic E-state index is 12.8. The molecule has 0 aromatic carbocycles. The van der Waals surface area contributed by atoms with Crippen molar-refractivity contribution in [3.8, 4) is 0 Å². The quantitative estimate of drug-likeness (QED) is 0.838. The van der Waals surface area contributed by atoms with E-state index in [-0.39, 0.29) is 5.91 Å². The van der Waals surface area contributed by atoms with Crippen LogP contribution >= 0.6 is 11.3 Å². The zero-order valence-corrected chi connectivity index (χ0v) is 15.1. The summed E-state index contributed by atoms with van der Waals surface area (Å²) in [6.45, 7) is 4.63. The standard InChI is InChI=1S/C18H23N5OS/c24-17(14-23-8-1-4-15(23)16-5-2-13-25-16)21-9-11-22(12-10-21)18-19-6-3-7-20-18/h2-3,5-7,13,15H,1,4,8-12,14H2. The van der Waals surface area contributed by atoms with Crippen LogP contribution in [0.4, 0.5) is 5.95 Å². The number of amides is 1. The van der Waals surface area contributed by atoms with Crippen LogP contribution < -0.4 is 4.90 Å². The summed E-state index contributed by atoms with van der Waals surface area (Å²) in [5.74, 6) is 1.00. The van der Waals surface area contributed by atoms with Gasteiger partial charge in [-0.25, -0.2) is 9.97 Å². The summed E-state index contributed by atoms with van der Waals surface area (Å²) in [6.07, 6.45) is 5.86. The molecule has 0 bridgehead atoms. The highest BCUT2D eigenvalue weighted by molar-refractivity contribution is 7.10. The number of aromatic nitrogens is 2. The number of carbonyl (C=O) groups is 1. The molecule has 7 heteroatoms. The predicted molar refractivity (Wildman–Crippen MR) is 98.7 cm³/mol. The molecule has 132 valence electrons. The number of anilines is 1. The largest absolute Gasteiger partial charge is 0.338 e. The van der Waals surface area contributed by atoms with Crippen LogP contribution in [-0.4, -0.2) is 64.9 Å². The molecule has 6 nitrogen and oxygen atoms in total. The Morgan fingerprint density at radius 2 is 1.92 bits per heavy atom. The van der Waals surface area contributed by atoms with Gasteiger partial charge in [-0.15, -0.1) is 11.3 Å². The lowest BCUT2D eigenvalue weighted by Gasteiger charge is -2.36. The molecule has 25 heavy (non-hydrogen) atoms. The highest BCUT2D eigenvalue weighted by Gasteiger charge is 2.30. The van der Waals surface area contributed by atoms with Gasteiger partial charge in [-0.05, 0) is 36.9 Å². The Kier molecular flexibility index (Phi) is 4.94. The van der Waals surface area contributed by atoms with Gasteiger partial charge < -0.3 is 9.80 Å². The minimum absolute atomic E-state index is 0.247. The van der Waals surface area contributed by atoms with Crippen LogP contribution in [0, 0.1) is 0 Å². The minimum Gasteiger partial charge on any atom is -0.338 e. The Labute approximate surface area is 152 Å². The summed E-state index contributed by atoms with van der Waals surface area (Å²) in [7, 11) is 0. The molecule has 2 aliphatic rings. The van der Waals surface area contributed by atoms with Crippen LogP contribution in [0.5, 0.6) is 0 Å². The van der Waals surface area contributed by atoms with Gasteiger partial charge >= 0.3 is 0 Å². The Balaban J connectivity index is 1.32. The van der Waals surface area contributed by atoms with E-state index in [1.54, 1.807) is 23.7 Å². The topological polar surface area (TPSA) is 52.6 Å². The normalized spacial score (nSPS) is 21.7. The maximum Gasteiger partial charge on any atom is 0.236 e. The van der Waals surface area contributed by atoms with Gasteiger partial charge in [0.2, 0.25) is 11.9 Å². The molecule has 4 rings (SSSR count). The van der Waals surface area contributed by atoms with Crippen molar-refractivity contribution in [2.45, 2.75) is 18.9 Å². The average molecular weight is 357 g/mol. The van der Waals surface area contributed by atoms with Crippen molar-refractivity contribution in [2.75, 3.05) is 44.2 Å². The van der Waals surface area contributed by atoms with Crippen molar-refractivity contribution in [2.24, 2.45) is 0 Å². The zero-order valence-electron chi connectivity index (χ0n) is 14.3. The van der Waals surface area contributed by atoms with Crippen LogP contribution in [0.25, 0.3) is 0 Å². The van der Waals surface area contributed by atoms with Crippen LogP contribution in [0.2, 0.25) is 0 Å². The molecule has 2 aliphatic heterocycles. The Morgan fingerprint density at radius 1 is 1.12 bits per heavy atom. The number of piperazine rings is 1. The summed E-state index contributed by atoms with van der Waals surface area (Å²) < 4.78 is 0. The van der Waals surface area contributed by atoms with E-state index in [4.69, 9.17) is 0 Å². The smallest absolute Gasteiger partial charge is 0.236 e. The molecule has 1 unspecified atom stereocenters. The lowest BCUT2D eigenvalue weighted by atomic mass is 10.2. The number of likely N-dealkylation sites (tertiary alicyclic amines) is 1. The van der Waals surface area contributed by atoms with Crippen molar-refractivity contribution in [1.82, 2.24) is 19.8 Å². The van der Waals surface area contributed by atoms with E-state index >= 15 is 0 Å². The van der Waals surface area contributed by atoms with E-state index in [2.05, 4.69) is 37.3 Å². The van der Waals surface area contributed by atoms with Crippen molar-refractivity contribution in [1.29, 1.82) is 0 Å². The lowest BCUT2D eigenvalue weighted by Crippen LogP contribution is -2.51. The van der Waals surface area contributed by atoms with Gasteiger partial charge in [0.05, 0.1) is 6.54 Å². The fourth-order valence-corrected chi connectivity index (χ4v) is 4.60. The van der Waals surface area contributed by atoms with Crippen LogP contribution in [0.3, 0.4) is 0 Å². The van der Waals surface area contributed by atoms with Gasteiger partial charge in [0.25, 0.3) is 0 Å². The Morgan fingerprint density at radius 3 is 2.64 bits per heavy atom. The van der Waals surface area contributed by atoms with E-state index in [0.29, 0.717) is 12.6 Å². The summed E-state index contributed by atoms with van der Waals surface area (Å²) in [5.41, 5.74) is 0. The average Bonchev–Trinajstić information content (AvgIpc) is 3.34. The van der Waals surface area contributed by atoms with Crippen molar-refractivity contribution in [3.63, 3.8) is 0 Å². The SMILES string of the molecule is O=C(CN1CCCC1c1cccs1)N1CCN(c2ncccn2)CC1. The number of carbonyl (C=O) groups excluding carboxylic acids is 1. The van der Waals surface area contributed by atoms with Gasteiger partial charge in [-0.2, -0.15) is 0 Å². The molecule has 0 radical (unpaired) electrons. The van der Waals surface area contributed by atoms with E-state index in [9.17, 15) is 4.79 Å². The third kappa shape index (κ3) is 3.67. The number of rotatable bonds is 4. The van der Waals surface area contributed by atoms with Crippen LogP contribution in [0.1, 0.15) is 23.8 Å². The predicted octanol–water partition coefficient (Wildman–Crippen LogP) is 2.02. The molecule has 0 saturated carbocycles. The molecule has 0 spiro atoms. The first-order valence-electron chi connectivity index (χ1n) is 8.88. The van der Waals surface area contributed by atoms with E-state index in [0.717, 1.165) is 45.1 Å². The summed E-state index contributed by atoms with van der Waals surface area (Å²) in [4.78, 5) is 29.2. The highest BCUT2D eigenvalue weighted by Crippen LogP contribution is 2.34. The molecule has 2 saturated heterocycles. The summed E-state index contributed by atoms with van der Waals surface area (Å²) in [6, 6.07) is 6.53. The molecule has 4 heterocycles. The zero-order chi connectivity index (χ0) is 17.1. The third-order valence-corrected chi connectivity index (χ3v) is 6.01. The Hall–Kier alpha value is -1.99. The molecule has 2 fully saturated rings. The van der Waals surface area contributed by atoms with Gasteiger partial charge in [-0.3, -0.25) is 9.69 Å². The second kappa shape index (κ2) is 7.49. The maximum atomic E-state index is 12.8. The van der Waals surface area contributed by atoms with Crippen molar-refractivity contribution >= 4 is 23.2 Å². The van der Waals surface area contributed by atoms with Crippen LogP contribution in [0.15, 0.2) is 36.0 Å². The minimum atomic E-state index is 0.247. The highest BCUT2D eigenvalue weighted by atomic mass is 32.1. The number of hydrogen-bond donors (Lipinski definition) is 0. The Bertz CT molecular complexity index is 685. The first-order chi connectivity index (χ1) is 12.3. The van der Waals surface area contributed by atoms with E-state index in [1.165, 1.54) is 11.3 Å². The second-order valence-corrected chi connectivity index (χ2v) is 7.54. The molecule has 1 atom stereocenters. The summed E-state index contributed by atoms with van der Waals surface area (Å²) in [5, 5.41) is 2.12. The second-order valence-electron chi connectivity index (χ2n) is 6.56. The summed E-state index contributed by atoms with van der Waals surface area (Å²) >= 11 is 1.80. The molecule has 2 aromatic rings. The fraction of sp³-hybridized carbons (Fsp3) is 0.500. The van der Waals surface area contributed by atoms with Gasteiger partial charge in [-0.1, -0.05) is 6.07 Å². The van der Waals surface area contributed by atoms with Gasteiger partial charge in [0, 0.05) is 49.5 Å². The first-order valence-corrected chi connectivity index (χ1v) is 9.76. The molecule has 2 aromatic heterocycles. The van der Waals surface area contributed by atoms with Crippen molar-refractivity contribution < 1.29 is 4.79 Å². The van der Waals surface area contributed by atoms with Crippen molar-refractivity contribution in [3.05, 3.63) is 40.8 Å². The lowest BCUT2D eigenvalue weighted by molar-refractivity contribution is -0.133. The number of hydrogen-bond acceptors (Lipinski definition) is 6. The van der Waals surface area contributed by atoms with Gasteiger partial charge in [0.15, 0.2) is 0 Å².